The molecule has 1 saturated heterocycles. The number of nitrogens with one attached hydrogen (secondary N) is 2. The first-order valence-electron chi connectivity index (χ1n) is 11.2. The van der Waals surface area contributed by atoms with E-state index in [1.165, 1.54) is 0 Å². The molecular formula is C24H23Cl2N5O2. The van der Waals surface area contributed by atoms with Crippen molar-refractivity contribution in [1.29, 1.82) is 0 Å². The molecule has 7 nitrogen and oxygen atoms in total. The normalized spacial score (nSPS) is 23.9. The number of benzene rings is 1. The summed E-state index contributed by atoms with van der Waals surface area (Å²) >= 11 is 13.4. The van der Waals surface area contributed by atoms with Crippen LogP contribution in [-0.4, -0.2) is 38.4 Å². The van der Waals surface area contributed by atoms with E-state index in [9.17, 15) is 4.79 Å². The van der Waals surface area contributed by atoms with Gasteiger partial charge in [-0.25, -0.2) is 15.5 Å². The molecule has 4 heterocycles. The Morgan fingerprint density at radius 2 is 2.06 bits per heavy atom. The molecule has 0 bridgehead atoms. The number of carbonyl (C=O) groups excluding carboxylic acids is 1. The van der Waals surface area contributed by atoms with Crippen LogP contribution in [0, 0.1) is 5.92 Å². The number of hydrogen-bond acceptors (Lipinski definition) is 5. The van der Waals surface area contributed by atoms with Gasteiger partial charge in [0.2, 0.25) is 5.91 Å². The number of H-pyrrole nitrogens is 1. The fraction of sp³-hybridized carbons (Fsp3) is 0.333. The Kier molecular flexibility index (Phi) is 5.20. The number of fused-ring (bicyclic) bond motifs is 2. The van der Waals surface area contributed by atoms with Crippen LogP contribution in [0.15, 0.2) is 48.7 Å². The lowest BCUT2D eigenvalue weighted by Crippen LogP contribution is -2.41. The van der Waals surface area contributed by atoms with Gasteiger partial charge >= 0.3 is 0 Å². The van der Waals surface area contributed by atoms with Crippen molar-refractivity contribution < 1.29 is 9.73 Å². The van der Waals surface area contributed by atoms with Crippen molar-refractivity contribution in [2.45, 2.75) is 38.1 Å². The molecule has 2 atom stereocenters. The summed E-state index contributed by atoms with van der Waals surface area (Å²) in [7, 11) is 0. The average Bonchev–Trinajstić information content (AvgIpc) is 3.55. The van der Waals surface area contributed by atoms with Crippen molar-refractivity contribution in [2.75, 3.05) is 6.54 Å². The SMILES string of the molecule is O=C1C(Cc2c(Cl)cc(C3=CC4=CNON4C=C3)cc2Cl)CCN1[C@@H]1CCc2nc[nH]c2C1. The van der Waals surface area contributed by atoms with E-state index in [1.807, 2.05) is 30.5 Å². The Balaban J connectivity index is 1.18. The lowest BCUT2D eigenvalue weighted by molar-refractivity contribution is -0.133. The summed E-state index contributed by atoms with van der Waals surface area (Å²) in [6, 6.07) is 4.09. The first-order valence-corrected chi connectivity index (χ1v) is 11.9. The van der Waals surface area contributed by atoms with Gasteiger partial charge in [-0.2, -0.15) is 4.94 Å². The van der Waals surface area contributed by atoms with Gasteiger partial charge in [-0.05, 0) is 66.7 Å². The van der Waals surface area contributed by atoms with E-state index in [2.05, 4.69) is 20.3 Å². The van der Waals surface area contributed by atoms with E-state index in [0.717, 1.165) is 66.0 Å². The molecule has 0 saturated carbocycles. The van der Waals surface area contributed by atoms with Crippen LogP contribution in [0.25, 0.3) is 5.57 Å². The first-order chi connectivity index (χ1) is 16.1. The summed E-state index contributed by atoms with van der Waals surface area (Å²) in [4.78, 5) is 28.1. The number of carbonyl (C=O) groups is 1. The van der Waals surface area contributed by atoms with Crippen molar-refractivity contribution in [1.82, 2.24) is 25.4 Å². The highest BCUT2D eigenvalue weighted by Crippen LogP contribution is 2.36. The van der Waals surface area contributed by atoms with Gasteiger partial charge in [0.25, 0.3) is 0 Å². The molecule has 170 valence electrons. The quantitative estimate of drug-likeness (QED) is 0.682. The van der Waals surface area contributed by atoms with Gasteiger partial charge in [0.15, 0.2) is 0 Å². The predicted octanol–water partition coefficient (Wildman–Crippen LogP) is 4.17. The van der Waals surface area contributed by atoms with Crippen molar-refractivity contribution in [2.24, 2.45) is 5.92 Å². The van der Waals surface area contributed by atoms with Crippen LogP contribution in [0.1, 0.15) is 35.4 Å². The molecule has 6 rings (SSSR count). The van der Waals surface area contributed by atoms with Gasteiger partial charge < -0.3 is 9.88 Å². The second-order valence-electron chi connectivity index (χ2n) is 8.88. The highest BCUT2D eigenvalue weighted by atomic mass is 35.5. The van der Waals surface area contributed by atoms with Crippen molar-refractivity contribution in [3.63, 3.8) is 0 Å². The highest BCUT2D eigenvalue weighted by Gasteiger charge is 2.38. The van der Waals surface area contributed by atoms with Gasteiger partial charge in [0.1, 0.15) is 0 Å². The zero-order valence-corrected chi connectivity index (χ0v) is 19.4. The summed E-state index contributed by atoms with van der Waals surface area (Å²) in [5.74, 6) is 0.112. The Bertz CT molecular complexity index is 1190. The standard InChI is InChI=1S/C24H23Cl2N5O2/c25-20-9-16(14-4-6-31-18(7-14)12-29-33-31)10-21(26)19(20)8-15-3-5-30(24(15)32)17-1-2-22-23(11-17)28-13-27-22/h4,6-7,9-10,12-13,15,17,29H,1-3,5,8,11H2,(H,27,28)/t15?,17-/m1/s1. The minimum Gasteiger partial charge on any atom is -0.348 e. The number of rotatable bonds is 4. The number of allylic oxidation sites excluding steroid dienone is 3. The van der Waals surface area contributed by atoms with Crippen LogP contribution in [0.5, 0.6) is 0 Å². The third kappa shape index (κ3) is 3.74. The number of imidazole rings is 1. The Hall–Kier alpha value is -2.74. The second kappa shape index (κ2) is 8.24. The maximum Gasteiger partial charge on any atom is 0.226 e. The van der Waals surface area contributed by atoms with Crippen LogP contribution in [-0.2, 0) is 29.0 Å². The topological polar surface area (TPSA) is 73.5 Å². The van der Waals surface area contributed by atoms with E-state index in [4.69, 9.17) is 28.1 Å². The molecule has 0 spiro atoms. The highest BCUT2D eigenvalue weighted by molar-refractivity contribution is 6.36. The molecule has 2 N–H and O–H groups in total. The van der Waals surface area contributed by atoms with Crippen molar-refractivity contribution in [3.05, 3.63) is 81.3 Å². The Labute approximate surface area is 201 Å². The Morgan fingerprint density at radius 3 is 2.91 bits per heavy atom. The fourth-order valence-corrected chi connectivity index (χ4v) is 5.83. The molecule has 33 heavy (non-hydrogen) atoms. The monoisotopic (exact) mass is 483 g/mol. The van der Waals surface area contributed by atoms with Crippen LogP contribution in [0.3, 0.4) is 0 Å². The number of amides is 1. The summed E-state index contributed by atoms with van der Waals surface area (Å²) < 4.78 is 0. The molecule has 2 aromatic rings. The number of nitrogens with zero attached hydrogens (tertiary/aromatic N) is 3. The third-order valence-electron chi connectivity index (χ3n) is 6.98. The molecule has 0 radical (unpaired) electrons. The van der Waals surface area contributed by atoms with Gasteiger partial charge in [-0.3, -0.25) is 4.79 Å². The Morgan fingerprint density at radius 1 is 1.21 bits per heavy atom. The van der Waals surface area contributed by atoms with Gasteiger partial charge in [0.05, 0.1) is 23.9 Å². The molecule has 1 unspecified atom stereocenters. The van der Waals surface area contributed by atoms with Crippen molar-refractivity contribution in [3.8, 4) is 0 Å². The van der Waals surface area contributed by atoms with Crippen LogP contribution < -0.4 is 5.48 Å². The van der Waals surface area contributed by atoms with Crippen LogP contribution in [0.4, 0.5) is 0 Å². The number of hydrogen-bond donors (Lipinski definition) is 2. The first kappa shape index (κ1) is 20.8. The molecular weight excluding hydrogens is 461 g/mol. The summed E-state index contributed by atoms with van der Waals surface area (Å²) in [6.07, 6.45) is 13.4. The molecule has 1 aliphatic carbocycles. The van der Waals surface area contributed by atoms with E-state index in [0.29, 0.717) is 16.5 Å². The smallest absolute Gasteiger partial charge is 0.226 e. The van der Waals surface area contributed by atoms with E-state index in [1.54, 1.807) is 17.6 Å². The molecule has 1 aromatic carbocycles. The number of likely N-dealkylation sites (tertiary alicyclic amines) is 1. The number of hydroxylamine groups is 3. The maximum atomic E-state index is 13.3. The fourth-order valence-electron chi connectivity index (χ4n) is 5.19. The minimum atomic E-state index is -0.0942. The van der Waals surface area contributed by atoms with Gasteiger partial charge in [-0.15, -0.1) is 0 Å². The van der Waals surface area contributed by atoms with Crippen LogP contribution >= 0.6 is 23.2 Å². The summed E-state index contributed by atoms with van der Waals surface area (Å²) in [5, 5.41) is 2.82. The number of aromatic amines is 1. The van der Waals surface area contributed by atoms with Crippen LogP contribution in [0.2, 0.25) is 10.0 Å². The summed E-state index contributed by atoms with van der Waals surface area (Å²) in [5.41, 5.74) is 8.66. The van der Waals surface area contributed by atoms with Gasteiger partial charge in [-0.1, -0.05) is 23.2 Å². The van der Waals surface area contributed by atoms with E-state index < -0.39 is 0 Å². The average molecular weight is 484 g/mol. The molecule has 3 aliphatic heterocycles. The minimum absolute atomic E-state index is 0.0942. The molecule has 1 amide bonds. The zero-order chi connectivity index (χ0) is 22.5. The summed E-state index contributed by atoms with van der Waals surface area (Å²) in [6.45, 7) is 0.782. The van der Waals surface area contributed by atoms with E-state index in [-0.39, 0.29) is 17.9 Å². The maximum absolute atomic E-state index is 13.3. The predicted molar refractivity (Wildman–Crippen MR) is 126 cm³/mol. The molecule has 1 aromatic heterocycles. The zero-order valence-electron chi connectivity index (χ0n) is 17.9. The van der Waals surface area contributed by atoms with E-state index >= 15 is 0 Å². The second-order valence-corrected chi connectivity index (χ2v) is 9.70. The third-order valence-corrected chi connectivity index (χ3v) is 7.66. The van der Waals surface area contributed by atoms with Crippen molar-refractivity contribution >= 4 is 34.7 Å². The number of aryl methyl sites for hydroxylation is 1. The number of aromatic nitrogens is 2. The lowest BCUT2D eigenvalue weighted by Gasteiger charge is -2.31. The largest absolute Gasteiger partial charge is 0.348 e. The number of halogens is 2. The molecule has 4 aliphatic rings. The van der Waals surface area contributed by atoms with Gasteiger partial charge in [0, 0.05) is 46.9 Å². The molecule has 1 fully saturated rings. The molecule has 9 heteroatoms. The lowest BCUT2D eigenvalue weighted by atomic mass is 9.93.